The maximum atomic E-state index is 12.3. The van der Waals surface area contributed by atoms with E-state index in [-0.39, 0.29) is 12.5 Å². The molecule has 0 heterocycles. The zero-order valence-corrected chi connectivity index (χ0v) is 11.6. The maximum absolute atomic E-state index is 12.3. The highest BCUT2D eigenvalue weighted by atomic mass is 16.2. The van der Waals surface area contributed by atoms with Crippen LogP contribution in [0.5, 0.6) is 0 Å². The van der Waals surface area contributed by atoms with E-state index in [1.807, 2.05) is 24.3 Å². The van der Waals surface area contributed by atoms with E-state index in [0.29, 0.717) is 19.3 Å². The molecule has 0 bridgehead atoms. The largest absolute Gasteiger partial charge is 0.396 e. The van der Waals surface area contributed by atoms with Crippen LogP contribution in [0.25, 0.3) is 0 Å². The summed E-state index contributed by atoms with van der Waals surface area (Å²) in [7, 11) is 0. The Hall–Kier alpha value is -1.86. The maximum Gasteiger partial charge on any atom is 0.244 e. The normalized spacial score (nSPS) is 16.6. The van der Waals surface area contributed by atoms with Gasteiger partial charge in [-0.3, -0.25) is 4.79 Å². The van der Waals surface area contributed by atoms with Crippen LogP contribution in [-0.4, -0.2) is 17.6 Å². The lowest BCUT2D eigenvalue weighted by atomic mass is 9.87. The van der Waals surface area contributed by atoms with Crippen LogP contribution in [0.15, 0.2) is 24.3 Å². The van der Waals surface area contributed by atoms with Crippen LogP contribution in [0.2, 0.25) is 0 Å². The number of amides is 1. The Balaban J connectivity index is 2.06. The van der Waals surface area contributed by atoms with Gasteiger partial charge in [0.1, 0.15) is 5.41 Å². The third-order valence-corrected chi connectivity index (χ3v) is 3.91. The zero-order chi connectivity index (χ0) is 14.4. The summed E-state index contributed by atoms with van der Waals surface area (Å²) in [5, 5.41) is 21.0. The molecule has 4 heteroatoms. The van der Waals surface area contributed by atoms with Crippen LogP contribution < -0.4 is 5.32 Å². The molecule has 106 valence electrons. The molecule has 0 radical (unpaired) electrons. The minimum absolute atomic E-state index is 0.161. The second kappa shape index (κ2) is 6.53. The Morgan fingerprint density at radius 3 is 2.80 bits per heavy atom. The summed E-state index contributed by atoms with van der Waals surface area (Å²) in [6.45, 7) is 0.161. The summed E-state index contributed by atoms with van der Waals surface area (Å²) in [5.74, 6) is -0.184. The topological polar surface area (TPSA) is 73.1 Å². The fraction of sp³-hybridized carbons (Fsp3) is 0.500. The minimum atomic E-state index is -0.846. The lowest BCUT2D eigenvalue weighted by Crippen LogP contribution is -2.32. The van der Waals surface area contributed by atoms with E-state index in [9.17, 15) is 10.1 Å². The van der Waals surface area contributed by atoms with E-state index in [4.69, 9.17) is 5.11 Å². The first-order chi connectivity index (χ1) is 9.70. The van der Waals surface area contributed by atoms with Crippen LogP contribution in [0.3, 0.4) is 0 Å². The van der Waals surface area contributed by atoms with Gasteiger partial charge in [0, 0.05) is 12.3 Å². The molecule has 0 atom stereocenters. The number of nitrogens with zero attached hydrogens (tertiary/aromatic N) is 1. The molecule has 2 N–H and O–H groups in total. The number of anilines is 1. The Morgan fingerprint density at radius 2 is 2.15 bits per heavy atom. The zero-order valence-electron chi connectivity index (χ0n) is 11.6. The van der Waals surface area contributed by atoms with Crippen molar-refractivity contribution in [3.63, 3.8) is 0 Å². The third-order valence-electron chi connectivity index (χ3n) is 3.91. The van der Waals surface area contributed by atoms with Gasteiger partial charge in [-0.1, -0.05) is 25.0 Å². The van der Waals surface area contributed by atoms with E-state index in [2.05, 4.69) is 11.4 Å². The first-order valence-corrected chi connectivity index (χ1v) is 7.13. The lowest BCUT2D eigenvalue weighted by Gasteiger charge is -2.19. The molecule has 1 aromatic carbocycles. The van der Waals surface area contributed by atoms with Crippen molar-refractivity contribution in [2.24, 2.45) is 5.41 Å². The number of aryl methyl sites for hydroxylation is 1. The molecule has 0 spiro atoms. The number of aliphatic hydroxyl groups excluding tert-OH is 1. The predicted molar refractivity (Wildman–Crippen MR) is 77.0 cm³/mol. The number of rotatable bonds is 5. The summed E-state index contributed by atoms with van der Waals surface area (Å²) in [6, 6.07) is 9.80. The van der Waals surface area contributed by atoms with Gasteiger partial charge < -0.3 is 10.4 Å². The standard InChI is InChI=1S/C16H20N2O2/c17-12-16(8-1-2-9-16)15(20)18-14-7-3-5-13(11-14)6-4-10-19/h3,5,7,11,19H,1-2,4,6,8-10H2,(H,18,20). The van der Waals surface area contributed by atoms with Crippen LogP contribution >= 0.6 is 0 Å². The number of carbonyl (C=O) groups excluding carboxylic acids is 1. The predicted octanol–water partition coefficient (Wildman–Crippen LogP) is 2.63. The highest BCUT2D eigenvalue weighted by molar-refractivity contribution is 5.97. The van der Waals surface area contributed by atoms with Gasteiger partial charge in [0.25, 0.3) is 0 Å². The van der Waals surface area contributed by atoms with Crippen molar-refractivity contribution in [3.8, 4) is 6.07 Å². The number of hydrogen-bond acceptors (Lipinski definition) is 3. The molecule has 4 nitrogen and oxygen atoms in total. The summed E-state index contributed by atoms with van der Waals surface area (Å²) in [6.07, 6.45) is 4.68. The van der Waals surface area contributed by atoms with E-state index < -0.39 is 5.41 Å². The molecule has 1 amide bonds. The first-order valence-electron chi connectivity index (χ1n) is 7.13. The quantitative estimate of drug-likeness (QED) is 0.865. The van der Waals surface area contributed by atoms with Crippen molar-refractivity contribution in [1.29, 1.82) is 5.26 Å². The summed E-state index contributed by atoms with van der Waals surface area (Å²) in [4.78, 5) is 12.3. The number of benzene rings is 1. The fourth-order valence-electron chi connectivity index (χ4n) is 2.71. The molecule has 0 aromatic heterocycles. The molecular weight excluding hydrogens is 252 g/mol. The number of nitrogens with one attached hydrogen (secondary N) is 1. The molecular formula is C16H20N2O2. The number of aliphatic hydroxyl groups is 1. The summed E-state index contributed by atoms with van der Waals surface area (Å²) in [5.41, 5.74) is 0.961. The fourth-order valence-corrected chi connectivity index (χ4v) is 2.71. The Labute approximate surface area is 119 Å². The average molecular weight is 272 g/mol. The number of nitriles is 1. The van der Waals surface area contributed by atoms with Crippen LogP contribution in [0.1, 0.15) is 37.7 Å². The van der Waals surface area contributed by atoms with Gasteiger partial charge in [0.05, 0.1) is 6.07 Å². The highest BCUT2D eigenvalue weighted by Gasteiger charge is 2.41. The SMILES string of the molecule is N#CC1(C(=O)Nc2cccc(CCCO)c2)CCCC1. The first kappa shape index (κ1) is 14.5. The van der Waals surface area contributed by atoms with Gasteiger partial charge in [0.2, 0.25) is 5.91 Å². The molecule has 0 aliphatic heterocycles. The molecule has 1 fully saturated rings. The molecule has 20 heavy (non-hydrogen) atoms. The van der Waals surface area contributed by atoms with E-state index in [1.165, 1.54) is 0 Å². The number of carbonyl (C=O) groups is 1. The highest BCUT2D eigenvalue weighted by Crippen LogP contribution is 2.38. The smallest absolute Gasteiger partial charge is 0.244 e. The molecule has 1 saturated carbocycles. The van der Waals surface area contributed by atoms with Gasteiger partial charge in [-0.25, -0.2) is 0 Å². The van der Waals surface area contributed by atoms with Crippen LogP contribution in [0, 0.1) is 16.7 Å². The molecule has 0 unspecified atom stereocenters. The second-order valence-corrected chi connectivity index (χ2v) is 5.38. The van der Waals surface area contributed by atoms with Crippen molar-refractivity contribution in [2.75, 3.05) is 11.9 Å². The Kier molecular flexibility index (Phi) is 4.75. The van der Waals surface area contributed by atoms with E-state index in [0.717, 1.165) is 30.5 Å². The van der Waals surface area contributed by atoms with Gasteiger partial charge in [-0.2, -0.15) is 5.26 Å². The molecule has 2 rings (SSSR count). The molecule has 1 aliphatic rings. The van der Waals surface area contributed by atoms with E-state index >= 15 is 0 Å². The lowest BCUT2D eigenvalue weighted by molar-refractivity contribution is -0.122. The average Bonchev–Trinajstić information content (AvgIpc) is 2.95. The summed E-state index contributed by atoms with van der Waals surface area (Å²) < 4.78 is 0. The monoisotopic (exact) mass is 272 g/mol. The third kappa shape index (κ3) is 3.17. The molecule has 0 saturated heterocycles. The molecule has 1 aliphatic carbocycles. The van der Waals surface area contributed by atoms with Gasteiger partial charge in [-0.05, 0) is 43.4 Å². The summed E-state index contributed by atoms with van der Waals surface area (Å²) >= 11 is 0. The Bertz CT molecular complexity index is 513. The van der Waals surface area contributed by atoms with Gasteiger partial charge in [0.15, 0.2) is 0 Å². The van der Waals surface area contributed by atoms with Crippen molar-refractivity contribution in [3.05, 3.63) is 29.8 Å². The van der Waals surface area contributed by atoms with Crippen molar-refractivity contribution < 1.29 is 9.90 Å². The van der Waals surface area contributed by atoms with E-state index in [1.54, 1.807) is 0 Å². The van der Waals surface area contributed by atoms with Gasteiger partial charge >= 0.3 is 0 Å². The van der Waals surface area contributed by atoms with Crippen molar-refractivity contribution in [1.82, 2.24) is 0 Å². The van der Waals surface area contributed by atoms with Crippen molar-refractivity contribution >= 4 is 11.6 Å². The second-order valence-electron chi connectivity index (χ2n) is 5.38. The van der Waals surface area contributed by atoms with Crippen LogP contribution in [-0.2, 0) is 11.2 Å². The minimum Gasteiger partial charge on any atom is -0.396 e. The Morgan fingerprint density at radius 1 is 1.40 bits per heavy atom. The van der Waals surface area contributed by atoms with Gasteiger partial charge in [-0.15, -0.1) is 0 Å². The van der Waals surface area contributed by atoms with Crippen molar-refractivity contribution in [2.45, 2.75) is 38.5 Å². The number of hydrogen-bond donors (Lipinski definition) is 2. The van der Waals surface area contributed by atoms with Crippen LogP contribution in [0.4, 0.5) is 5.69 Å². The molecule has 1 aromatic rings.